The molecule has 0 N–H and O–H groups in total. The van der Waals surface area contributed by atoms with Crippen LogP contribution >= 0.6 is 0 Å². The van der Waals surface area contributed by atoms with Crippen LogP contribution in [0.3, 0.4) is 0 Å². The predicted molar refractivity (Wildman–Crippen MR) is 92.4 cm³/mol. The number of carbonyl (C=O) groups excluding carboxylic acids is 1. The number of methoxy groups -OCH3 is 1. The Morgan fingerprint density at radius 3 is 2.39 bits per heavy atom. The van der Waals surface area contributed by atoms with Crippen LogP contribution in [0.25, 0.3) is 0 Å². The summed E-state index contributed by atoms with van der Waals surface area (Å²) in [6.45, 7) is 6.53. The van der Waals surface area contributed by atoms with Gasteiger partial charge in [0, 0.05) is 12.7 Å². The fourth-order valence-corrected chi connectivity index (χ4v) is 2.63. The Morgan fingerprint density at radius 1 is 1.09 bits per heavy atom. The second-order valence-corrected chi connectivity index (χ2v) is 6.06. The first kappa shape index (κ1) is 17.2. The zero-order valence-corrected chi connectivity index (χ0v) is 14.3. The monoisotopic (exact) mass is 312 g/mol. The van der Waals surface area contributed by atoms with E-state index in [9.17, 15) is 4.79 Å². The van der Waals surface area contributed by atoms with E-state index in [-0.39, 0.29) is 6.79 Å². The fraction of sp³-hybridized carbons (Fsp3) is 0.350. The maximum atomic E-state index is 10.9. The lowest BCUT2D eigenvalue weighted by atomic mass is 9.95. The van der Waals surface area contributed by atoms with E-state index in [1.54, 1.807) is 7.11 Å². The minimum atomic E-state index is 0.255. The Balaban J connectivity index is 2.24. The molecule has 0 aliphatic carbocycles. The molecule has 0 amide bonds. The SMILES string of the molecule is COCOc1ccc(Cc2ccc(C=O)c(C)c2)cc1C(C)C. The largest absolute Gasteiger partial charge is 0.467 e. The molecule has 0 aromatic heterocycles. The van der Waals surface area contributed by atoms with Gasteiger partial charge in [0.2, 0.25) is 0 Å². The zero-order valence-electron chi connectivity index (χ0n) is 14.3. The highest BCUT2D eigenvalue weighted by Gasteiger charge is 2.10. The first-order chi connectivity index (χ1) is 11.0. The van der Waals surface area contributed by atoms with Crippen LogP contribution in [-0.2, 0) is 11.2 Å². The van der Waals surface area contributed by atoms with Gasteiger partial charge in [-0.1, -0.05) is 44.2 Å². The molecular formula is C20H24O3. The summed E-state index contributed by atoms with van der Waals surface area (Å²) in [5, 5.41) is 0. The van der Waals surface area contributed by atoms with E-state index < -0.39 is 0 Å². The number of benzene rings is 2. The number of carbonyl (C=O) groups is 1. The molecule has 3 heteroatoms. The van der Waals surface area contributed by atoms with E-state index in [1.165, 1.54) is 16.7 Å². The van der Waals surface area contributed by atoms with Crippen LogP contribution in [0, 0.1) is 6.92 Å². The zero-order chi connectivity index (χ0) is 16.8. The summed E-state index contributed by atoms with van der Waals surface area (Å²) >= 11 is 0. The van der Waals surface area contributed by atoms with Crippen LogP contribution in [0.2, 0.25) is 0 Å². The van der Waals surface area contributed by atoms with Crippen molar-refractivity contribution in [3.8, 4) is 5.75 Å². The van der Waals surface area contributed by atoms with Gasteiger partial charge < -0.3 is 9.47 Å². The molecule has 2 rings (SSSR count). The van der Waals surface area contributed by atoms with Crippen LogP contribution in [0.4, 0.5) is 0 Å². The lowest BCUT2D eigenvalue weighted by molar-refractivity contribution is 0.0502. The maximum absolute atomic E-state index is 10.9. The van der Waals surface area contributed by atoms with Crippen LogP contribution in [0.1, 0.15) is 52.4 Å². The van der Waals surface area contributed by atoms with Crippen molar-refractivity contribution in [3.63, 3.8) is 0 Å². The number of hydrogen-bond donors (Lipinski definition) is 0. The van der Waals surface area contributed by atoms with Crippen molar-refractivity contribution in [1.29, 1.82) is 0 Å². The molecule has 0 saturated heterocycles. The molecule has 0 spiro atoms. The Hall–Kier alpha value is -2.13. The van der Waals surface area contributed by atoms with Gasteiger partial charge in [0.1, 0.15) is 12.0 Å². The minimum Gasteiger partial charge on any atom is -0.467 e. The Morgan fingerprint density at radius 2 is 1.78 bits per heavy atom. The van der Waals surface area contributed by atoms with Crippen molar-refractivity contribution in [1.82, 2.24) is 0 Å². The van der Waals surface area contributed by atoms with Crippen molar-refractivity contribution in [2.45, 2.75) is 33.1 Å². The Kier molecular flexibility index (Phi) is 5.94. The first-order valence-corrected chi connectivity index (χ1v) is 7.84. The Labute approximate surface area is 138 Å². The molecule has 0 aliphatic heterocycles. The smallest absolute Gasteiger partial charge is 0.188 e. The highest BCUT2D eigenvalue weighted by Crippen LogP contribution is 2.28. The van der Waals surface area contributed by atoms with Gasteiger partial charge in [-0.05, 0) is 47.6 Å². The summed E-state index contributed by atoms with van der Waals surface area (Å²) in [6, 6.07) is 12.3. The highest BCUT2D eigenvalue weighted by atomic mass is 16.7. The molecule has 0 saturated carbocycles. The number of aryl methyl sites for hydroxylation is 1. The quantitative estimate of drug-likeness (QED) is 0.557. The maximum Gasteiger partial charge on any atom is 0.188 e. The molecule has 0 aliphatic rings. The topological polar surface area (TPSA) is 35.5 Å². The molecule has 2 aromatic carbocycles. The number of aldehydes is 1. The van der Waals surface area contributed by atoms with E-state index >= 15 is 0 Å². The summed E-state index contributed by atoms with van der Waals surface area (Å²) in [7, 11) is 1.62. The van der Waals surface area contributed by atoms with E-state index in [1.807, 2.05) is 25.1 Å². The Bertz CT molecular complexity index is 675. The second-order valence-electron chi connectivity index (χ2n) is 6.06. The molecule has 0 heterocycles. The number of ether oxygens (including phenoxy) is 2. The molecule has 0 unspecified atom stereocenters. The third kappa shape index (κ3) is 4.42. The standard InChI is InChI=1S/C20H24O3/c1-14(2)19-11-17(6-8-20(19)23-13-22-4)10-16-5-7-18(12-21)15(3)9-16/h5-9,11-12,14H,10,13H2,1-4H3. The van der Waals surface area contributed by atoms with Gasteiger partial charge in [-0.2, -0.15) is 0 Å². The van der Waals surface area contributed by atoms with Crippen molar-refractivity contribution in [2.75, 3.05) is 13.9 Å². The van der Waals surface area contributed by atoms with Crippen LogP contribution in [0.5, 0.6) is 5.75 Å². The van der Waals surface area contributed by atoms with Crippen LogP contribution < -0.4 is 4.74 Å². The summed E-state index contributed by atoms with van der Waals surface area (Å²) in [5.41, 5.74) is 5.38. The summed E-state index contributed by atoms with van der Waals surface area (Å²) in [6.07, 6.45) is 1.74. The van der Waals surface area contributed by atoms with E-state index in [2.05, 4.69) is 32.0 Å². The van der Waals surface area contributed by atoms with Gasteiger partial charge in [0.05, 0.1) is 0 Å². The number of hydrogen-bond acceptors (Lipinski definition) is 3. The first-order valence-electron chi connectivity index (χ1n) is 7.84. The average molecular weight is 312 g/mol. The summed E-state index contributed by atoms with van der Waals surface area (Å²) < 4.78 is 10.6. The molecule has 0 bridgehead atoms. The lowest BCUT2D eigenvalue weighted by Crippen LogP contribution is -2.03. The lowest BCUT2D eigenvalue weighted by Gasteiger charge is -2.15. The minimum absolute atomic E-state index is 0.255. The third-order valence-corrected chi connectivity index (χ3v) is 3.90. The van der Waals surface area contributed by atoms with Gasteiger partial charge in [-0.3, -0.25) is 4.79 Å². The van der Waals surface area contributed by atoms with Crippen molar-refractivity contribution < 1.29 is 14.3 Å². The van der Waals surface area contributed by atoms with E-state index in [0.29, 0.717) is 5.92 Å². The summed E-state index contributed by atoms with van der Waals surface area (Å²) in [5.74, 6) is 1.25. The highest BCUT2D eigenvalue weighted by molar-refractivity contribution is 5.77. The molecule has 3 nitrogen and oxygen atoms in total. The fourth-order valence-electron chi connectivity index (χ4n) is 2.63. The molecule has 0 radical (unpaired) electrons. The summed E-state index contributed by atoms with van der Waals surface area (Å²) in [4.78, 5) is 10.9. The van der Waals surface area contributed by atoms with Crippen LogP contribution in [0.15, 0.2) is 36.4 Å². The van der Waals surface area contributed by atoms with Gasteiger partial charge in [-0.25, -0.2) is 0 Å². The van der Waals surface area contributed by atoms with Crippen molar-refractivity contribution in [3.05, 3.63) is 64.2 Å². The second kappa shape index (κ2) is 7.93. The van der Waals surface area contributed by atoms with E-state index in [0.717, 1.165) is 29.6 Å². The normalized spacial score (nSPS) is 10.8. The van der Waals surface area contributed by atoms with E-state index in [4.69, 9.17) is 9.47 Å². The molecule has 23 heavy (non-hydrogen) atoms. The van der Waals surface area contributed by atoms with Gasteiger partial charge in [-0.15, -0.1) is 0 Å². The average Bonchev–Trinajstić information content (AvgIpc) is 2.53. The van der Waals surface area contributed by atoms with Gasteiger partial charge in [0.25, 0.3) is 0 Å². The van der Waals surface area contributed by atoms with Crippen molar-refractivity contribution in [2.24, 2.45) is 0 Å². The predicted octanol–water partition coefficient (Wildman–Crippen LogP) is 4.50. The molecular weight excluding hydrogens is 288 g/mol. The number of rotatable bonds is 7. The van der Waals surface area contributed by atoms with Gasteiger partial charge >= 0.3 is 0 Å². The molecule has 0 fully saturated rings. The third-order valence-electron chi connectivity index (χ3n) is 3.90. The molecule has 0 atom stereocenters. The van der Waals surface area contributed by atoms with Crippen molar-refractivity contribution >= 4 is 6.29 Å². The molecule has 122 valence electrons. The molecule has 2 aromatic rings. The van der Waals surface area contributed by atoms with Crippen LogP contribution in [-0.4, -0.2) is 20.2 Å². The van der Waals surface area contributed by atoms with Gasteiger partial charge in [0.15, 0.2) is 6.79 Å².